The Hall–Kier alpha value is -0.390. The highest BCUT2D eigenvalue weighted by Crippen LogP contribution is 2.09. The Morgan fingerprint density at radius 2 is 2.29 bits per heavy atom. The van der Waals surface area contributed by atoms with E-state index in [-0.39, 0.29) is 5.75 Å². The lowest BCUT2D eigenvalue weighted by Crippen LogP contribution is -2.30. The first kappa shape index (κ1) is 11.7. The molecule has 1 aliphatic carbocycles. The van der Waals surface area contributed by atoms with Crippen LogP contribution in [0.1, 0.15) is 25.7 Å². The van der Waals surface area contributed by atoms with Crippen molar-refractivity contribution in [2.75, 3.05) is 12.3 Å². The fraction of sp³-hybridized carbons (Fsp3) is 0.778. The molecule has 0 unspecified atom stereocenters. The third kappa shape index (κ3) is 5.36. The molecule has 2 N–H and O–H groups in total. The van der Waals surface area contributed by atoms with Crippen LogP contribution in [0.15, 0.2) is 12.2 Å². The number of hydrogen-bond acceptors (Lipinski definition) is 3. The van der Waals surface area contributed by atoms with Crippen molar-refractivity contribution in [2.45, 2.75) is 31.7 Å². The van der Waals surface area contributed by atoms with Crippen molar-refractivity contribution >= 4 is 10.1 Å². The van der Waals surface area contributed by atoms with Gasteiger partial charge in [-0.1, -0.05) is 12.2 Å². The second kappa shape index (κ2) is 5.48. The van der Waals surface area contributed by atoms with E-state index in [4.69, 9.17) is 4.55 Å². The van der Waals surface area contributed by atoms with Gasteiger partial charge in [0.15, 0.2) is 0 Å². The third-order valence-electron chi connectivity index (χ3n) is 2.24. The summed E-state index contributed by atoms with van der Waals surface area (Å²) in [7, 11) is -3.79. The molecular formula is C9H17NO3S. The first-order chi connectivity index (χ1) is 6.58. The fourth-order valence-corrected chi connectivity index (χ4v) is 2.03. The van der Waals surface area contributed by atoms with E-state index in [9.17, 15) is 8.42 Å². The van der Waals surface area contributed by atoms with Crippen LogP contribution in [0.25, 0.3) is 0 Å². The summed E-state index contributed by atoms with van der Waals surface area (Å²) < 4.78 is 29.3. The minimum absolute atomic E-state index is 0.156. The van der Waals surface area contributed by atoms with E-state index in [2.05, 4.69) is 17.5 Å². The normalized spacial score (nSPS) is 22.5. The molecule has 0 radical (unpaired) electrons. The lowest BCUT2D eigenvalue weighted by atomic mass is 10.0. The Bertz CT molecular complexity index is 284. The summed E-state index contributed by atoms with van der Waals surface area (Å²) in [5, 5.41) is 3.23. The van der Waals surface area contributed by atoms with Gasteiger partial charge in [-0.15, -0.1) is 0 Å². The van der Waals surface area contributed by atoms with E-state index in [1.54, 1.807) is 0 Å². The maximum Gasteiger partial charge on any atom is 0.264 e. The Morgan fingerprint density at radius 1 is 1.50 bits per heavy atom. The maximum atomic E-state index is 10.4. The molecule has 0 heterocycles. The van der Waals surface area contributed by atoms with E-state index in [0.717, 1.165) is 12.8 Å². The summed E-state index contributed by atoms with van der Waals surface area (Å²) in [4.78, 5) is 0. The van der Waals surface area contributed by atoms with Gasteiger partial charge in [0.25, 0.3) is 10.1 Å². The lowest BCUT2D eigenvalue weighted by molar-refractivity contribution is 0.475. The summed E-state index contributed by atoms with van der Waals surface area (Å²) in [5.74, 6) is -0.156. The zero-order valence-electron chi connectivity index (χ0n) is 8.15. The molecule has 14 heavy (non-hydrogen) atoms. The number of rotatable bonds is 5. The van der Waals surface area contributed by atoms with Crippen LogP contribution in [0, 0.1) is 0 Å². The molecule has 0 saturated heterocycles. The van der Waals surface area contributed by atoms with E-state index < -0.39 is 10.1 Å². The minimum atomic E-state index is -3.79. The molecule has 1 atom stereocenters. The van der Waals surface area contributed by atoms with Crippen molar-refractivity contribution in [2.24, 2.45) is 0 Å². The Balaban J connectivity index is 2.09. The monoisotopic (exact) mass is 219 g/mol. The van der Waals surface area contributed by atoms with Gasteiger partial charge < -0.3 is 5.32 Å². The van der Waals surface area contributed by atoms with Crippen LogP contribution < -0.4 is 5.32 Å². The van der Waals surface area contributed by atoms with Gasteiger partial charge in [0.1, 0.15) is 0 Å². The second-order valence-corrected chi connectivity index (χ2v) is 5.13. The van der Waals surface area contributed by atoms with Crippen molar-refractivity contribution in [3.05, 3.63) is 12.2 Å². The van der Waals surface area contributed by atoms with Gasteiger partial charge >= 0.3 is 0 Å². The van der Waals surface area contributed by atoms with E-state index in [1.807, 2.05) is 0 Å². The molecule has 0 saturated carbocycles. The van der Waals surface area contributed by atoms with Crippen LogP contribution >= 0.6 is 0 Å². The Kier molecular flexibility index (Phi) is 4.57. The average molecular weight is 219 g/mol. The SMILES string of the molecule is O=S(=O)(O)CCCN[C@@H]1C=CCCC1. The first-order valence-electron chi connectivity index (χ1n) is 4.93. The number of nitrogens with one attached hydrogen (secondary N) is 1. The van der Waals surface area contributed by atoms with Gasteiger partial charge in [-0.25, -0.2) is 0 Å². The van der Waals surface area contributed by atoms with Crippen molar-refractivity contribution in [3.63, 3.8) is 0 Å². The second-order valence-electron chi connectivity index (χ2n) is 3.56. The largest absolute Gasteiger partial charge is 0.310 e. The molecule has 1 aliphatic rings. The molecule has 0 amide bonds. The maximum absolute atomic E-state index is 10.4. The van der Waals surface area contributed by atoms with Gasteiger partial charge in [-0.3, -0.25) is 4.55 Å². The van der Waals surface area contributed by atoms with E-state index in [1.165, 1.54) is 6.42 Å². The molecule has 0 aromatic rings. The van der Waals surface area contributed by atoms with Gasteiger partial charge in [-0.2, -0.15) is 8.42 Å². The molecule has 5 heteroatoms. The summed E-state index contributed by atoms with van der Waals surface area (Å²) in [5.41, 5.74) is 0. The van der Waals surface area contributed by atoms with Crippen LogP contribution in [0.3, 0.4) is 0 Å². The lowest BCUT2D eigenvalue weighted by Gasteiger charge is -2.17. The smallest absolute Gasteiger partial charge is 0.264 e. The zero-order valence-corrected chi connectivity index (χ0v) is 8.96. The van der Waals surface area contributed by atoms with Crippen molar-refractivity contribution in [1.82, 2.24) is 5.32 Å². The van der Waals surface area contributed by atoms with Crippen LogP contribution in [0.5, 0.6) is 0 Å². The first-order valence-corrected chi connectivity index (χ1v) is 6.54. The van der Waals surface area contributed by atoms with Gasteiger partial charge in [0.05, 0.1) is 5.75 Å². The molecule has 0 bridgehead atoms. The van der Waals surface area contributed by atoms with Crippen LogP contribution in [0.2, 0.25) is 0 Å². The fourth-order valence-electron chi connectivity index (χ4n) is 1.52. The molecule has 0 aromatic carbocycles. The number of allylic oxidation sites excluding steroid dienone is 1. The Morgan fingerprint density at radius 3 is 2.86 bits per heavy atom. The predicted octanol–water partition coefficient (Wildman–Crippen LogP) is 0.963. The third-order valence-corrected chi connectivity index (χ3v) is 3.04. The van der Waals surface area contributed by atoms with Crippen LogP contribution in [0.4, 0.5) is 0 Å². The zero-order chi connectivity index (χ0) is 10.4. The van der Waals surface area contributed by atoms with E-state index in [0.29, 0.717) is 19.0 Å². The quantitative estimate of drug-likeness (QED) is 0.410. The summed E-state index contributed by atoms with van der Waals surface area (Å²) in [6.45, 7) is 0.634. The van der Waals surface area contributed by atoms with E-state index >= 15 is 0 Å². The Labute approximate surface area is 85.1 Å². The van der Waals surface area contributed by atoms with Crippen molar-refractivity contribution < 1.29 is 13.0 Å². The molecule has 4 nitrogen and oxygen atoms in total. The standard InChI is InChI=1S/C9H17NO3S/c11-14(12,13)8-4-7-10-9-5-2-1-3-6-9/h2,5,9-10H,1,3-4,6-8H2,(H,11,12,13)/t9-/m1/s1. The topological polar surface area (TPSA) is 66.4 Å². The van der Waals surface area contributed by atoms with Gasteiger partial charge in [0.2, 0.25) is 0 Å². The van der Waals surface area contributed by atoms with Crippen molar-refractivity contribution in [1.29, 1.82) is 0 Å². The number of hydrogen-bond donors (Lipinski definition) is 2. The van der Waals surface area contributed by atoms with Gasteiger partial charge in [-0.05, 0) is 32.2 Å². The molecule has 0 fully saturated rings. The highest BCUT2D eigenvalue weighted by Gasteiger charge is 2.08. The molecule has 0 aromatic heterocycles. The summed E-state index contributed by atoms with van der Waals surface area (Å²) in [6.07, 6.45) is 8.17. The molecule has 0 spiro atoms. The molecule has 82 valence electrons. The molecular weight excluding hydrogens is 202 g/mol. The highest BCUT2D eigenvalue weighted by atomic mass is 32.2. The van der Waals surface area contributed by atoms with Gasteiger partial charge in [0, 0.05) is 6.04 Å². The summed E-state index contributed by atoms with van der Waals surface area (Å²) >= 11 is 0. The molecule has 1 rings (SSSR count). The summed E-state index contributed by atoms with van der Waals surface area (Å²) in [6, 6.07) is 0.380. The average Bonchev–Trinajstić information content (AvgIpc) is 2.13. The minimum Gasteiger partial charge on any atom is -0.310 e. The predicted molar refractivity (Wildman–Crippen MR) is 55.8 cm³/mol. The van der Waals surface area contributed by atoms with Crippen molar-refractivity contribution in [3.8, 4) is 0 Å². The highest BCUT2D eigenvalue weighted by molar-refractivity contribution is 7.85. The molecule has 0 aliphatic heterocycles. The van der Waals surface area contributed by atoms with Crippen LogP contribution in [-0.2, 0) is 10.1 Å². The van der Waals surface area contributed by atoms with Crippen LogP contribution in [-0.4, -0.2) is 31.3 Å².